The van der Waals surface area contributed by atoms with Crippen molar-refractivity contribution in [2.75, 3.05) is 0 Å². The molecule has 0 aromatic heterocycles. The zero-order valence-electron chi connectivity index (χ0n) is 15.7. The molecule has 0 aromatic rings. The van der Waals surface area contributed by atoms with Crippen LogP contribution in [0.5, 0.6) is 0 Å². The van der Waals surface area contributed by atoms with Gasteiger partial charge in [-0.25, -0.2) is 4.39 Å². The van der Waals surface area contributed by atoms with E-state index in [1.807, 2.05) is 0 Å². The summed E-state index contributed by atoms with van der Waals surface area (Å²) in [6.45, 7) is 4.62. The second-order valence-corrected chi connectivity index (χ2v) is 9.49. The van der Waals surface area contributed by atoms with Gasteiger partial charge in [-0.1, -0.05) is 58.8 Å². The highest BCUT2D eigenvalue weighted by Gasteiger charge is 2.52. The van der Waals surface area contributed by atoms with E-state index < -0.39 is 6.17 Å². The Labute approximate surface area is 144 Å². The van der Waals surface area contributed by atoms with E-state index in [9.17, 15) is 0 Å². The normalized spacial score (nSPS) is 41.9. The highest BCUT2D eigenvalue weighted by Crippen LogP contribution is 2.61. The molecule has 0 amide bonds. The first kappa shape index (κ1) is 17.7. The quantitative estimate of drug-likeness (QED) is 0.456. The van der Waals surface area contributed by atoms with E-state index in [0.717, 1.165) is 12.3 Å². The molecule has 0 aliphatic heterocycles. The average Bonchev–Trinajstić information content (AvgIpc) is 2.58. The van der Waals surface area contributed by atoms with Crippen LogP contribution in [0.1, 0.15) is 110 Å². The maximum Gasteiger partial charge on any atom is 0.106 e. The molecule has 0 nitrogen and oxygen atoms in total. The summed E-state index contributed by atoms with van der Waals surface area (Å²) in [4.78, 5) is 0. The molecule has 4 aliphatic rings. The average molecular weight is 323 g/mol. The monoisotopic (exact) mass is 322 g/mol. The van der Waals surface area contributed by atoms with Gasteiger partial charge in [-0.2, -0.15) is 0 Å². The Hall–Kier alpha value is -0.0700. The summed E-state index contributed by atoms with van der Waals surface area (Å²) in [5.41, 5.74) is 0.712. The van der Waals surface area contributed by atoms with Crippen molar-refractivity contribution >= 4 is 0 Å². The molecule has 1 unspecified atom stereocenters. The third-order valence-electron chi connectivity index (χ3n) is 8.11. The summed E-state index contributed by atoms with van der Waals surface area (Å²) in [7, 11) is 0. The lowest BCUT2D eigenvalue weighted by atomic mass is 9.51. The van der Waals surface area contributed by atoms with Gasteiger partial charge in [0.1, 0.15) is 6.17 Å². The van der Waals surface area contributed by atoms with Crippen molar-refractivity contribution in [1.82, 2.24) is 0 Å². The Balaban J connectivity index is 1.49. The minimum absolute atomic E-state index is 0.0930. The number of fused-ring (bicyclic) bond motifs is 3. The van der Waals surface area contributed by atoms with Gasteiger partial charge in [-0.15, -0.1) is 0 Å². The van der Waals surface area contributed by atoms with Crippen LogP contribution in [0, 0.1) is 22.7 Å². The van der Waals surface area contributed by atoms with Crippen molar-refractivity contribution in [2.24, 2.45) is 22.7 Å². The molecule has 23 heavy (non-hydrogen) atoms. The molecule has 0 spiro atoms. The molecule has 4 saturated carbocycles. The Morgan fingerprint density at radius 2 is 1.39 bits per heavy atom. The standard InChI is InChI=1S/C22H39F/c1-3-5-18-6-8-19(9-7-18)17-20(23)22-14-11-21(10-4-2,12-15-22)13-16-22/h18-20H,3-17H2,1-2H3/t18-,19-,20?,21?,22?. The van der Waals surface area contributed by atoms with Crippen LogP contribution in [0.15, 0.2) is 0 Å². The maximum atomic E-state index is 15.3. The summed E-state index contributed by atoms with van der Waals surface area (Å²) in [6.07, 6.45) is 18.7. The molecule has 4 rings (SSSR count). The second-order valence-electron chi connectivity index (χ2n) is 9.49. The van der Waals surface area contributed by atoms with E-state index >= 15 is 4.39 Å². The summed E-state index contributed by atoms with van der Waals surface area (Å²) >= 11 is 0. The summed E-state index contributed by atoms with van der Waals surface area (Å²) in [6, 6.07) is 0. The first-order chi connectivity index (χ1) is 11.1. The SMILES string of the molecule is CCCC12CCC(C(F)C[C@H]3CC[C@H](CCC)CC3)(CC1)CC2. The van der Waals surface area contributed by atoms with Gasteiger partial charge in [0, 0.05) is 5.41 Å². The first-order valence-corrected chi connectivity index (χ1v) is 10.8. The van der Waals surface area contributed by atoms with E-state index in [0.29, 0.717) is 11.3 Å². The van der Waals surface area contributed by atoms with Crippen molar-refractivity contribution in [2.45, 2.75) is 116 Å². The lowest BCUT2D eigenvalue weighted by Gasteiger charge is -2.55. The largest absolute Gasteiger partial charge is 0.247 e. The second kappa shape index (κ2) is 7.44. The fraction of sp³-hybridized carbons (Fsp3) is 1.00. The Morgan fingerprint density at radius 1 is 0.826 bits per heavy atom. The third kappa shape index (κ3) is 3.79. The fourth-order valence-electron chi connectivity index (χ4n) is 6.37. The molecule has 4 aliphatic carbocycles. The molecular formula is C22H39F. The minimum Gasteiger partial charge on any atom is -0.247 e. The predicted octanol–water partition coefficient (Wildman–Crippen LogP) is 7.46. The fourth-order valence-corrected chi connectivity index (χ4v) is 6.37. The molecule has 0 saturated heterocycles. The van der Waals surface area contributed by atoms with E-state index in [1.54, 1.807) is 0 Å². The topological polar surface area (TPSA) is 0 Å². The third-order valence-corrected chi connectivity index (χ3v) is 8.11. The zero-order valence-corrected chi connectivity index (χ0v) is 15.7. The van der Waals surface area contributed by atoms with Crippen LogP contribution in [0.4, 0.5) is 4.39 Å². The molecule has 0 heterocycles. The Kier molecular flexibility index (Phi) is 5.74. The van der Waals surface area contributed by atoms with Gasteiger partial charge in [0.15, 0.2) is 0 Å². The van der Waals surface area contributed by atoms with Crippen molar-refractivity contribution < 1.29 is 4.39 Å². The van der Waals surface area contributed by atoms with E-state index in [-0.39, 0.29) is 5.41 Å². The molecule has 0 radical (unpaired) electrons. The van der Waals surface area contributed by atoms with E-state index in [4.69, 9.17) is 0 Å². The van der Waals surface area contributed by atoms with Gasteiger partial charge < -0.3 is 0 Å². The summed E-state index contributed by atoms with van der Waals surface area (Å²) in [5, 5.41) is 0. The lowest BCUT2D eigenvalue weighted by Crippen LogP contribution is -2.47. The number of halogens is 1. The molecule has 134 valence electrons. The van der Waals surface area contributed by atoms with Crippen molar-refractivity contribution in [3.8, 4) is 0 Å². The molecule has 1 atom stereocenters. The number of hydrogen-bond donors (Lipinski definition) is 0. The van der Waals surface area contributed by atoms with Crippen LogP contribution in [-0.4, -0.2) is 6.17 Å². The van der Waals surface area contributed by atoms with Crippen molar-refractivity contribution in [1.29, 1.82) is 0 Å². The summed E-state index contributed by atoms with van der Waals surface area (Å²) in [5.74, 6) is 1.64. The highest BCUT2D eigenvalue weighted by atomic mass is 19.1. The lowest BCUT2D eigenvalue weighted by molar-refractivity contribution is -0.0698. The van der Waals surface area contributed by atoms with E-state index in [2.05, 4.69) is 13.8 Å². The molecule has 0 N–H and O–H groups in total. The van der Waals surface area contributed by atoms with Gasteiger partial charge in [-0.3, -0.25) is 0 Å². The summed E-state index contributed by atoms with van der Waals surface area (Å²) < 4.78 is 15.3. The van der Waals surface area contributed by atoms with E-state index in [1.165, 1.54) is 89.9 Å². The number of hydrogen-bond acceptors (Lipinski definition) is 0. The molecular weight excluding hydrogens is 283 g/mol. The van der Waals surface area contributed by atoms with Gasteiger partial charge in [0.25, 0.3) is 0 Å². The van der Waals surface area contributed by atoms with Crippen molar-refractivity contribution in [3.05, 3.63) is 0 Å². The highest BCUT2D eigenvalue weighted by molar-refractivity contribution is 5.02. The Morgan fingerprint density at radius 3 is 1.91 bits per heavy atom. The van der Waals surface area contributed by atoms with Gasteiger partial charge in [-0.05, 0) is 68.6 Å². The molecule has 0 aromatic carbocycles. The zero-order chi connectivity index (χ0) is 16.3. The maximum absolute atomic E-state index is 15.3. The Bertz CT molecular complexity index is 342. The van der Waals surface area contributed by atoms with Crippen molar-refractivity contribution in [3.63, 3.8) is 0 Å². The molecule has 1 heteroatoms. The van der Waals surface area contributed by atoms with Gasteiger partial charge in [0.05, 0.1) is 0 Å². The van der Waals surface area contributed by atoms with Gasteiger partial charge >= 0.3 is 0 Å². The van der Waals surface area contributed by atoms with Crippen LogP contribution in [0.25, 0.3) is 0 Å². The van der Waals surface area contributed by atoms with Crippen LogP contribution in [0.3, 0.4) is 0 Å². The van der Waals surface area contributed by atoms with Crippen LogP contribution >= 0.6 is 0 Å². The van der Waals surface area contributed by atoms with Crippen LogP contribution in [0.2, 0.25) is 0 Å². The number of alkyl halides is 1. The van der Waals surface area contributed by atoms with Gasteiger partial charge in [0.2, 0.25) is 0 Å². The first-order valence-electron chi connectivity index (χ1n) is 10.8. The number of rotatable bonds is 7. The predicted molar refractivity (Wildman–Crippen MR) is 97.3 cm³/mol. The van der Waals surface area contributed by atoms with Crippen LogP contribution < -0.4 is 0 Å². The molecule has 2 bridgehead atoms. The van der Waals surface area contributed by atoms with Crippen LogP contribution in [-0.2, 0) is 0 Å². The minimum atomic E-state index is -0.504. The molecule has 4 fully saturated rings. The smallest absolute Gasteiger partial charge is 0.106 e.